The summed E-state index contributed by atoms with van der Waals surface area (Å²) in [6.07, 6.45) is 0. The Morgan fingerprint density at radius 1 is 1.80 bits per heavy atom. The zero-order chi connectivity index (χ0) is 3.41. The predicted molar refractivity (Wildman–Crippen MR) is 24.1 cm³/mol. The van der Waals surface area contributed by atoms with Gasteiger partial charge in [0, 0.05) is 7.11 Å². The van der Waals surface area contributed by atoms with Gasteiger partial charge in [0.15, 0.2) is 8.69 Å². The summed E-state index contributed by atoms with van der Waals surface area (Å²) in [6, 6.07) is 0. The molecule has 0 aromatic carbocycles. The molecule has 3 heteroatoms. The number of rotatable bonds is 1. The molecule has 0 aromatic heterocycles. The third-order valence-electron chi connectivity index (χ3n) is 0.0962. The average Bonchev–Trinajstić information content (AvgIpc) is 1.37. The Kier molecular flexibility index (Phi) is 15.9. The van der Waals surface area contributed by atoms with E-state index in [1.165, 1.54) is 7.11 Å². The van der Waals surface area contributed by atoms with Crippen LogP contribution in [0.3, 0.4) is 0 Å². The summed E-state index contributed by atoms with van der Waals surface area (Å²) < 4.78 is 13.2. The van der Waals surface area contributed by atoms with Crippen LogP contribution in [0.1, 0.15) is 7.43 Å². The Morgan fingerprint density at radius 3 is 2.00 bits per heavy atom. The van der Waals surface area contributed by atoms with Crippen LogP contribution in [0.15, 0.2) is 0 Å². The molecule has 5 heavy (non-hydrogen) atoms. The molecule has 34 valence electrons. The summed E-state index contributed by atoms with van der Waals surface area (Å²) in [5.74, 6) is 0. The fourth-order valence-corrected chi connectivity index (χ4v) is 0. The lowest BCUT2D eigenvalue weighted by atomic mass is 11.8. The fraction of sp³-hybridized carbons (Fsp3) is 1.00. The first-order valence-electron chi connectivity index (χ1n) is 0.880. The molecule has 0 radical (unpaired) electrons. The Labute approximate surface area is 33.4 Å². The van der Waals surface area contributed by atoms with Gasteiger partial charge in [-0.1, -0.05) is 7.43 Å². The highest BCUT2D eigenvalue weighted by Crippen LogP contribution is 1.83. The molecule has 0 saturated heterocycles. The third-order valence-corrected chi connectivity index (χ3v) is 0.289. The van der Waals surface area contributed by atoms with Crippen molar-refractivity contribution in [2.24, 2.45) is 0 Å². The maximum atomic E-state index is 9.16. The number of hydrogen-bond donors (Lipinski definition) is 0. The van der Waals surface area contributed by atoms with E-state index in [9.17, 15) is 0 Å². The molecule has 0 aliphatic carbocycles. The second-order valence-electron chi connectivity index (χ2n) is 0.332. The fourth-order valence-electron chi connectivity index (χ4n) is 0. The average molecular weight is 96.1 g/mol. The largest absolute Gasteiger partial charge is 0.336 e. The molecule has 0 N–H and O–H groups in total. The Hall–Kier alpha value is 0.190. The van der Waals surface area contributed by atoms with Crippen molar-refractivity contribution in [2.75, 3.05) is 7.11 Å². The lowest BCUT2D eigenvalue weighted by Crippen LogP contribution is -1.42. The lowest BCUT2D eigenvalue weighted by molar-refractivity contribution is 0.433. The SMILES string of the molecule is C.CO[PH2]=O. The van der Waals surface area contributed by atoms with Gasteiger partial charge in [-0.05, 0) is 0 Å². The van der Waals surface area contributed by atoms with Gasteiger partial charge in [0.1, 0.15) is 0 Å². The van der Waals surface area contributed by atoms with Crippen molar-refractivity contribution >= 4 is 8.69 Å². The lowest BCUT2D eigenvalue weighted by Gasteiger charge is -1.63. The van der Waals surface area contributed by atoms with Crippen molar-refractivity contribution in [3.05, 3.63) is 0 Å². The second kappa shape index (κ2) is 8.89. The molecule has 1 unspecified atom stereocenters. The van der Waals surface area contributed by atoms with Crippen LogP contribution in [0.25, 0.3) is 0 Å². The maximum Gasteiger partial charge on any atom is 0.179 e. The smallest absolute Gasteiger partial charge is 0.179 e. The van der Waals surface area contributed by atoms with Crippen LogP contribution in [0, 0.1) is 0 Å². The van der Waals surface area contributed by atoms with Gasteiger partial charge < -0.3 is 4.52 Å². The van der Waals surface area contributed by atoms with Crippen molar-refractivity contribution in [2.45, 2.75) is 7.43 Å². The molecule has 0 heterocycles. The summed E-state index contributed by atoms with van der Waals surface area (Å²) in [4.78, 5) is 0. The zero-order valence-corrected chi connectivity index (χ0v) is 3.55. The molecule has 1 atom stereocenters. The third kappa shape index (κ3) is 14.2. The summed E-state index contributed by atoms with van der Waals surface area (Å²) >= 11 is 0. The van der Waals surface area contributed by atoms with Gasteiger partial charge in [0.25, 0.3) is 0 Å². The van der Waals surface area contributed by atoms with E-state index in [-0.39, 0.29) is 7.43 Å². The minimum absolute atomic E-state index is 0. The van der Waals surface area contributed by atoms with E-state index in [4.69, 9.17) is 4.57 Å². The minimum atomic E-state index is -0.968. The van der Waals surface area contributed by atoms with Gasteiger partial charge in [0.05, 0.1) is 0 Å². The van der Waals surface area contributed by atoms with Gasteiger partial charge >= 0.3 is 0 Å². The molecular weight excluding hydrogens is 87.0 g/mol. The van der Waals surface area contributed by atoms with Crippen molar-refractivity contribution in [3.8, 4) is 0 Å². The molecule has 0 aromatic rings. The van der Waals surface area contributed by atoms with Gasteiger partial charge in [-0.3, -0.25) is 4.57 Å². The van der Waals surface area contributed by atoms with Crippen molar-refractivity contribution in [3.63, 3.8) is 0 Å². The molecule has 0 aliphatic rings. The van der Waals surface area contributed by atoms with E-state index in [1.54, 1.807) is 0 Å². The molecule has 0 spiro atoms. The molecular formula is C2H9O2P. The van der Waals surface area contributed by atoms with E-state index < -0.39 is 8.69 Å². The Morgan fingerprint density at radius 2 is 2.00 bits per heavy atom. The van der Waals surface area contributed by atoms with Crippen molar-refractivity contribution < 1.29 is 9.09 Å². The van der Waals surface area contributed by atoms with Crippen LogP contribution < -0.4 is 0 Å². The van der Waals surface area contributed by atoms with Crippen LogP contribution in [0.5, 0.6) is 0 Å². The highest BCUT2D eigenvalue weighted by molar-refractivity contribution is 7.17. The zero-order valence-electron chi connectivity index (χ0n) is 2.39. The molecule has 0 bridgehead atoms. The molecule has 0 rings (SSSR count). The van der Waals surface area contributed by atoms with Crippen molar-refractivity contribution in [1.29, 1.82) is 0 Å². The standard InChI is InChI=1S/CH5O2P.CH4/c1-3-4-2;/h4H2,1H3;1H4. The topological polar surface area (TPSA) is 26.3 Å². The summed E-state index contributed by atoms with van der Waals surface area (Å²) in [6.45, 7) is 0. The van der Waals surface area contributed by atoms with Gasteiger partial charge in [0.2, 0.25) is 0 Å². The Balaban J connectivity index is 0. The van der Waals surface area contributed by atoms with E-state index in [0.717, 1.165) is 0 Å². The minimum Gasteiger partial charge on any atom is -0.336 e. The van der Waals surface area contributed by atoms with Gasteiger partial charge in [-0.2, -0.15) is 0 Å². The van der Waals surface area contributed by atoms with Gasteiger partial charge in [-0.15, -0.1) is 0 Å². The molecule has 2 nitrogen and oxygen atoms in total. The maximum absolute atomic E-state index is 9.16. The molecule has 0 saturated carbocycles. The van der Waals surface area contributed by atoms with Crippen LogP contribution in [-0.2, 0) is 9.09 Å². The van der Waals surface area contributed by atoms with Crippen molar-refractivity contribution in [1.82, 2.24) is 0 Å². The first-order chi connectivity index (χ1) is 1.91. The summed E-state index contributed by atoms with van der Waals surface area (Å²) in [5.41, 5.74) is 0. The van der Waals surface area contributed by atoms with E-state index in [2.05, 4.69) is 4.52 Å². The first-order valence-corrected chi connectivity index (χ1v) is 1.82. The first kappa shape index (κ1) is 8.95. The molecule has 0 fully saturated rings. The van der Waals surface area contributed by atoms with Crippen LogP contribution in [0.2, 0.25) is 0 Å². The number of hydrogen-bond acceptors (Lipinski definition) is 2. The van der Waals surface area contributed by atoms with Crippen LogP contribution in [-0.4, -0.2) is 7.11 Å². The monoisotopic (exact) mass is 96.0 g/mol. The predicted octanol–water partition coefficient (Wildman–Crippen LogP) is 0.940. The highest BCUT2D eigenvalue weighted by Gasteiger charge is 1.43. The van der Waals surface area contributed by atoms with E-state index in [0.29, 0.717) is 0 Å². The summed E-state index contributed by atoms with van der Waals surface area (Å²) in [7, 11) is 0.437. The van der Waals surface area contributed by atoms with Crippen LogP contribution in [0.4, 0.5) is 0 Å². The van der Waals surface area contributed by atoms with Gasteiger partial charge in [-0.25, -0.2) is 0 Å². The summed E-state index contributed by atoms with van der Waals surface area (Å²) in [5, 5.41) is 0. The second-order valence-corrected chi connectivity index (χ2v) is 0.996. The normalized spacial score (nSPS) is 8.20. The van der Waals surface area contributed by atoms with Crippen LogP contribution >= 0.6 is 8.69 Å². The highest BCUT2D eigenvalue weighted by atomic mass is 31.1. The quantitative estimate of drug-likeness (QED) is 0.454. The molecule has 0 amide bonds. The molecule has 0 aliphatic heterocycles. The Bertz CT molecular complexity index is 21.6. The van der Waals surface area contributed by atoms with E-state index in [1.807, 2.05) is 0 Å². The van der Waals surface area contributed by atoms with E-state index >= 15 is 0 Å².